The van der Waals surface area contributed by atoms with Gasteiger partial charge >= 0.3 is 0 Å². The number of Topliss-reactive ketones (excluding diaryl/α,β-unsaturated/α-hetero) is 1. The zero-order valence-corrected chi connectivity index (χ0v) is 7.26. The maximum absolute atomic E-state index is 10.8. The summed E-state index contributed by atoms with van der Waals surface area (Å²) < 4.78 is 0. The van der Waals surface area contributed by atoms with Gasteiger partial charge in [-0.05, 0) is 13.3 Å². The normalized spacial score (nSPS) is 9.36. The molecule has 1 radical (unpaired) electrons. The van der Waals surface area contributed by atoms with Crippen LogP contribution in [0.25, 0.3) is 0 Å². The minimum Gasteiger partial charge on any atom is -0.330 e. The molecule has 1 amide bonds. The Morgan fingerprint density at radius 2 is 1.91 bits per heavy atom. The van der Waals surface area contributed by atoms with E-state index in [2.05, 4.69) is 0 Å². The van der Waals surface area contributed by atoms with Crippen LogP contribution in [0.15, 0.2) is 0 Å². The summed E-state index contributed by atoms with van der Waals surface area (Å²) in [6.07, 6.45) is 0.864. The summed E-state index contributed by atoms with van der Waals surface area (Å²) in [6, 6.07) is 0. The molecule has 3 heteroatoms. The molecule has 11 heavy (non-hydrogen) atoms. The van der Waals surface area contributed by atoms with Crippen molar-refractivity contribution in [1.82, 2.24) is 4.90 Å². The predicted octanol–water partition coefficient (Wildman–Crippen LogP) is 0.996. The van der Waals surface area contributed by atoms with Gasteiger partial charge in [-0.2, -0.15) is 0 Å². The molecule has 0 aliphatic heterocycles. The van der Waals surface area contributed by atoms with E-state index >= 15 is 0 Å². The Balaban J connectivity index is 3.89. The van der Waals surface area contributed by atoms with Gasteiger partial charge in [-0.25, -0.2) is 0 Å². The second-order valence-corrected chi connectivity index (χ2v) is 2.45. The lowest BCUT2D eigenvalue weighted by molar-refractivity contribution is -0.130. The summed E-state index contributed by atoms with van der Waals surface area (Å²) in [7, 11) is 0. The van der Waals surface area contributed by atoms with E-state index in [0.29, 0.717) is 6.54 Å². The maximum Gasteiger partial charge on any atom is 0.220 e. The fourth-order valence-corrected chi connectivity index (χ4v) is 0.773. The number of rotatable bonds is 4. The summed E-state index contributed by atoms with van der Waals surface area (Å²) in [5.74, 6) is -0.171. The number of ketones is 1. The minimum absolute atomic E-state index is 0.0814. The van der Waals surface area contributed by atoms with Crippen LogP contribution in [0.4, 0.5) is 0 Å². The number of hydrogen-bond acceptors (Lipinski definition) is 2. The standard InChI is InChI=1S/C8H14NO2/c1-4-5-9(8(3)11)6-7(2)10/h6H,4-5H2,1-3H3. The van der Waals surface area contributed by atoms with Crippen molar-refractivity contribution < 1.29 is 9.59 Å². The first-order chi connectivity index (χ1) is 5.07. The topological polar surface area (TPSA) is 37.4 Å². The molecule has 0 unspecified atom stereocenters. The molecule has 0 rings (SSSR count). The Morgan fingerprint density at radius 1 is 1.36 bits per heavy atom. The van der Waals surface area contributed by atoms with Crippen molar-refractivity contribution in [2.45, 2.75) is 27.2 Å². The quantitative estimate of drug-likeness (QED) is 0.608. The molecule has 0 aromatic heterocycles. The first kappa shape index (κ1) is 10.1. The third kappa shape index (κ3) is 4.53. The SMILES string of the molecule is CCCN([CH]C(C)=O)C(C)=O. The van der Waals surface area contributed by atoms with Gasteiger partial charge in [0.25, 0.3) is 0 Å². The molecule has 0 N–H and O–H groups in total. The molecule has 63 valence electrons. The highest BCUT2D eigenvalue weighted by Gasteiger charge is 2.09. The molecule has 0 bridgehead atoms. The van der Waals surface area contributed by atoms with E-state index in [1.54, 1.807) is 0 Å². The number of carbonyl (C=O) groups is 2. The molecule has 0 saturated heterocycles. The second kappa shape index (κ2) is 4.88. The van der Waals surface area contributed by atoms with Crippen molar-refractivity contribution in [3.63, 3.8) is 0 Å². The van der Waals surface area contributed by atoms with Gasteiger partial charge in [0.05, 0.1) is 0 Å². The second-order valence-electron chi connectivity index (χ2n) is 2.45. The predicted molar refractivity (Wildman–Crippen MR) is 42.7 cm³/mol. The fourth-order valence-electron chi connectivity index (χ4n) is 0.773. The molecule has 0 saturated carbocycles. The van der Waals surface area contributed by atoms with Crippen molar-refractivity contribution in [3.05, 3.63) is 6.54 Å². The number of nitrogens with zero attached hydrogens (tertiary/aromatic N) is 1. The van der Waals surface area contributed by atoms with E-state index in [4.69, 9.17) is 0 Å². The van der Waals surface area contributed by atoms with Crippen LogP contribution >= 0.6 is 0 Å². The van der Waals surface area contributed by atoms with Crippen molar-refractivity contribution in [1.29, 1.82) is 0 Å². The first-order valence-corrected chi connectivity index (χ1v) is 3.70. The van der Waals surface area contributed by atoms with Crippen LogP contribution < -0.4 is 0 Å². The molecule has 0 aliphatic carbocycles. The van der Waals surface area contributed by atoms with Crippen molar-refractivity contribution >= 4 is 11.7 Å². The lowest BCUT2D eigenvalue weighted by Crippen LogP contribution is -2.29. The van der Waals surface area contributed by atoms with Gasteiger partial charge in [0.15, 0.2) is 5.78 Å². The highest BCUT2D eigenvalue weighted by Crippen LogP contribution is 1.96. The molecular formula is C8H14NO2. The van der Waals surface area contributed by atoms with Crippen LogP contribution in [0.5, 0.6) is 0 Å². The highest BCUT2D eigenvalue weighted by atomic mass is 16.2. The molecule has 3 nitrogen and oxygen atoms in total. The molecule has 0 aromatic carbocycles. The monoisotopic (exact) mass is 156 g/mol. The zero-order chi connectivity index (χ0) is 8.85. The van der Waals surface area contributed by atoms with Crippen molar-refractivity contribution in [2.75, 3.05) is 6.54 Å². The summed E-state index contributed by atoms with van der Waals surface area (Å²) >= 11 is 0. The van der Waals surface area contributed by atoms with Crippen LogP contribution in [0.2, 0.25) is 0 Å². The van der Waals surface area contributed by atoms with Gasteiger partial charge in [0.1, 0.15) is 6.54 Å². The molecule has 0 aliphatic rings. The van der Waals surface area contributed by atoms with Gasteiger partial charge in [0.2, 0.25) is 5.91 Å². The average Bonchev–Trinajstić information content (AvgIpc) is 1.86. The van der Waals surface area contributed by atoms with Crippen LogP contribution in [-0.4, -0.2) is 23.1 Å². The summed E-state index contributed by atoms with van der Waals surface area (Å²) in [6.45, 7) is 6.81. The molecule has 0 heterocycles. The number of carbonyl (C=O) groups excluding carboxylic acids is 2. The van der Waals surface area contributed by atoms with Gasteiger partial charge in [-0.1, -0.05) is 6.92 Å². The fraction of sp³-hybridized carbons (Fsp3) is 0.625. The lowest BCUT2D eigenvalue weighted by Gasteiger charge is -2.17. The summed E-state index contributed by atoms with van der Waals surface area (Å²) in [5, 5.41) is 0. The van der Waals surface area contributed by atoms with Gasteiger partial charge in [-0.15, -0.1) is 0 Å². The highest BCUT2D eigenvalue weighted by molar-refractivity contribution is 5.88. The van der Waals surface area contributed by atoms with E-state index in [9.17, 15) is 9.59 Å². The van der Waals surface area contributed by atoms with Crippen LogP contribution in [0.1, 0.15) is 27.2 Å². The Bertz CT molecular complexity index is 154. The average molecular weight is 156 g/mol. The van der Waals surface area contributed by atoms with E-state index < -0.39 is 0 Å². The van der Waals surface area contributed by atoms with Crippen LogP contribution in [0.3, 0.4) is 0 Å². The van der Waals surface area contributed by atoms with E-state index in [1.165, 1.54) is 25.3 Å². The van der Waals surface area contributed by atoms with Crippen molar-refractivity contribution in [3.8, 4) is 0 Å². The molecule has 0 atom stereocenters. The van der Waals surface area contributed by atoms with Gasteiger partial charge in [-0.3, -0.25) is 9.59 Å². The minimum atomic E-state index is -0.0892. The Morgan fingerprint density at radius 3 is 2.18 bits per heavy atom. The third-order valence-corrected chi connectivity index (χ3v) is 1.21. The Labute approximate surface area is 67.4 Å². The van der Waals surface area contributed by atoms with E-state index in [0.717, 1.165) is 6.42 Å². The lowest BCUT2D eigenvalue weighted by atomic mass is 10.3. The third-order valence-electron chi connectivity index (χ3n) is 1.21. The number of hydrogen-bond donors (Lipinski definition) is 0. The van der Waals surface area contributed by atoms with Gasteiger partial charge in [0, 0.05) is 13.5 Å². The van der Waals surface area contributed by atoms with Crippen molar-refractivity contribution in [2.24, 2.45) is 0 Å². The molecule has 0 spiro atoms. The Kier molecular flexibility index (Phi) is 4.50. The van der Waals surface area contributed by atoms with Crippen LogP contribution in [-0.2, 0) is 9.59 Å². The zero-order valence-electron chi connectivity index (χ0n) is 7.26. The first-order valence-electron chi connectivity index (χ1n) is 3.70. The summed E-state index contributed by atoms with van der Waals surface area (Å²) in [5.41, 5.74) is 0. The smallest absolute Gasteiger partial charge is 0.220 e. The molecule has 0 fully saturated rings. The Hall–Kier alpha value is -0.860. The molecule has 0 aromatic rings. The summed E-state index contributed by atoms with van der Waals surface area (Å²) in [4.78, 5) is 22.8. The van der Waals surface area contributed by atoms with Crippen LogP contribution in [0, 0.1) is 6.54 Å². The molecular weight excluding hydrogens is 142 g/mol. The maximum atomic E-state index is 10.8. The number of amides is 1. The van der Waals surface area contributed by atoms with E-state index in [-0.39, 0.29) is 11.7 Å². The van der Waals surface area contributed by atoms with E-state index in [1.807, 2.05) is 6.92 Å². The largest absolute Gasteiger partial charge is 0.330 e. The van der Waals surface area contributed by atoms with Gasteiger partial charge < -0.3 is 4.90 Å².